The second kappa shape index (κ2) is 5.96. The predicted octanol–water partition coefficient (Wildman–Crippen LogP) is 3.42. The standard InChI is InChI=1S/C14H18BrF2N3O/c1-7-4-9(15)19-12(10(7)11(16)17)20-13(21)8-5-14(2,3)6-18-8/h4,8,11,18H,5-6H2,1-3H3,(H,19,20,21)/t8-/m0/s1. The molecule has 1 aromatic heterocycles. The molecule has 1 aromatic rings. The Labute approximate surface area is 130 Å². The van der Waals surface area contributed by atoms with Crippen molar-refractivity contribution >= 4 is 27.7 Å². The molecule has 0 aromatic carbocycles. The van der Waals surface area contributed by atoms with E-state index in [1.54, 1.807) is 6.92 Å². The summed E-state index contributed by atoms with van der Waals surface area (Å²) in [5.74, 6) is -0.402. The molecule has 1 aliphatic rings. The number of hydrogen-bond donors (Lipinski definition) is 2. The average molecular weight is 362 g/mol. The van der Waals surface area contributed by atoms with Crippen molar-refractivity contribution in [3.63, 3.8) is 0 Å². The van der Waals surface area contributed by atoms with Gasteiger partial charge in [-0.05, 0) is 46.3 Å². The first kappa shape index (κ1) is 16.3. The van der Waals surface area contributed by atoms with E-state index in [0.717, 1.165) is 6.54 Å². The van der Waals surface area contributed by atoms with E-state index >= 15 is 0 Å². The van der Waals surface area contributed by atoms with Crippen LogP contribution >= 0.6 is 15.9 Å². The van der Waals surface area contributed by atoms with Gasteiger partial charge in [0.25, 0.3) is 6.43 Å². The lowest BCUT2D eigenvalue weighted by atomic mass is 9.90. The van der Waals surface area contributed by atoms with Gasteiger partial charge in [0.15, 0.2) is 0 Å². The van der Waals surface area contributed by atoms with Crippen LogP contribution in [0.15, 0.2) is 10.7 Å². The molecule has 2 rings (SSSR count). The highest BCUT2D eigenvalue weighted by Gasteiger charge is 2.35. The third kappa shape index (κ3) is 3.77. The number of alkyl halides is 2. The van der Waals surface area contributed by atoms with Gasteiger partial charge in [-0.2, -0.15) is 0 Å². The van der Waals surface area contributed by atoms with Crippen molar-refractivity contribution in [2.24, 2.45) is 5.41 Å². The molecule has 0 unspecified atom stereocenters. The summed E-state index contributed by atoms with van der Waals surface area (Å²) < 4.78 is 26.7. The fraction of sp³-hybridized carbons (Fsp3) is 0.571. The Kier molecular flexibility index (Phi) is 4.63. The van der Waals surface area contributed by atoms with Crippen LogP contribution in [0.25, 0.3) is 0 Å². The summed E-state index contributed by atoms with van der Waals surface area (Å²) in [5, 5.41) is 5.64. The number of aromatic nitrogens is 1. The number of carbonyl (C=O) groups excluding carboxylic acids is 1. The number of amides is 1. The molecule has 0 radical (unpaired) electrons. The SMILES string of the molecule is Cc1cc(Br)nc(NC(=O)[C@@H]2CC(C)(C)CN2)c1C(F)F. The van der Waals surface area contributed by atoms with Crippen LogP contribution < -0.4 is 10.6 Å². The maximum absolute atomic E-state index is 13.1. The molecule has 2 N–H and O–H groups in total. The molecule has 1 atom stereocenters. The molecule has 21 heavy (non-hydrogen) atoms. The minimum Gasteiger partial charge on any atom is -0.309 e. The smallest absolute Gasteiger partial charge is 0.267 e. The number of anilines is 1. The molecule has 7 heteroatoms. The Hall–Kier alpha value is -1.08. The molecule has 0 saturated carbocycles. The fourth-order valence-electron chi connectivity index (χ4n) is 2.50. The predicted molar refractivity (Wildman–Crippen MR) is 80.4 cm³/mol. The summed E-state index contributed by atoms with van der Waals surface area (Å²) in [6.07, 6.45) is -2.02. The Morgan fingerprint density at radius 1 is 1.57 bits per heavy atom. The average Bonchev–Trinajstić information content (AvgIpc) is 2.68. The number of nitrogens with zero attached hydrogens (tertiary/aromatic N) is 1. The minimum absolute atomic E-state index is 0.0220. The molecule has 0 bridgehead atoms. The van der Waals surface area contributed by atoms with E-state index < -0.39 is 6.43 Å². The molecular weight excluding hydrogens is 344 g/mol. The van der Waals surface area contributed by atoms with Crippen molar-refractivity contribution < 1.29 is 13.6 Å². The fourth-order valence-corrected chi connectivity index (χ4v) is 3.02. The first-order valence-corrected chi connectivity index (χ1v) is 7.48. The van der Waals surface area contributed by atoms with Gasteiger partial charge < -0.3 is 10.6 Å². The van der Waals surface area contributed by atoms with Gasteiger partial charge in [-0.15, -0.1) is 0 Å². The molecule has 0 spiro atoms. The van der Waals surface area contributed by atoms with Gasteiger partial charge in [-0.3, -0.25) is 4.79 Å². The van der Waals surface area contributed by atoms with Crippen molar-refractivity contribution in [1.82, 2.24) is 10.3 Å². The van der Waals surface area contributed by atoms with Crippen LogP contribution in [0.5, 0.6) is 0 Å². The van der Waals surface area contributed by atoms with Crippen molar-refractivity contribution in [3.05, 3.63) is 21.8 Å². The van der Waals surface area contributed by atoms with Crippen molar-refractivity contribution in [3.8, 4) is 0 Å². The van der Waals surface area contributed by atoms with Crippen LogP contribution in [0.2, 0.25) is 0 Å². The zero-order valence-corrected chi connectivity index (χ0v) is 13.7. The van der Waals surface area contributed by atoms with E-state index in [9.17, 15) is 13.6 Å². The maximum Gasteiger partial charge on any atom is 0.267 e. The highest BCUT2D eigenvalue weighted by molar-refractivity contribution is 9.10. The first-order valence-electron chi connectivity index (χ1n) is 6.69. The van der Waals surface area contributed by atoms with Gasteiger partial charge in [-0.25, -0.2) is 13.8 Å². The van der Waals surface area contributed by atoms with Gasteiger partial charge >= 0.3 is 0 Å². The van der Waals surface area contributed by atoms with E-state index in [2.05, 4.69) is 45.4 Å². The molecule has 0 aliphatic carbocycles. The van der Waals surface area contributed by atoms with Crippen LogP contribution in [0, 0.1) is 12.3 Å². The van der Waals surface area contributed by atoms with Crippen molar-refractivity contribution in [2.45, 2.75) is 39.7 Å². The first-order chi connectivity index (χ1) is 9.69. The third-order valence-electron chi connectivity index (χ3n) is 3.59. The summed E-state index contributed by atoms with van der Waals surface area (Å²) >= 11 is 3.16. The van der Waals surface area contributed by atoms with Crippen LogP contribution in [0.3, 0.4) is 0 Å². The van der Waals surface area contributed by atoms with Gasteiger partial charge in [-0.1, -0.05) is 13.8 Å². The maximum atomic E-state index is 13.1. The number of nitrogens with one attached hydrogen (secondary N) is 2. The number of hydrogen-bond acceptors (Lipinski definition) is 3. The second-order valence-corrected chi connectivity index (χ2v) is 6.93. The van der Waals surface area contributed by atoms with E-state index in [4.69, 9.17) is 0 Å². The van der Waals surface area contributed by atoms with Gasteiger partial charge in [0.05, 0.1) is 11.6 Å². The zero-order valence-electron chi connectivity index (χ0n) is 12.1. The van der Waals surface area contributed by atoms with Crippen LogP contribution in [-0.2, 0) is 4.79 Å². The molecule has 1 aliphatic heterocycles. The van der Waals surface area contributed by atoms with E-state index in [0.29, 0.717) is 16.6 Å². The van der Waals surface area contributed by atoms with Crippen LogP contribution in [-0.4, -0.2) is 23.5 Å². The number of aryl methyl sites for hydroxylation is 1. The summed E-state index contributed by atoms with van der Waals surface area (Å²) in [6, 6.07) is 1.13. The topological polar surface area (TPSA) is 54.0 Å². The van der Waals surface area contributed by atoms with Crippen molar-refractivity contribution in [2.75, 3.05) is 11.9 Å². The molecule has 2 heterocycles. The summed E-state index contributed by atoms with van der Waals surface area (Å²) in [4.78, 5) is 16.2. The van der Waals surface area contributed by atoms with E-state index in [1.807, 2.05) is 0 Å². The largest absolute Gasteiger partial charge is 0.309 e. The lowest BCUT2D eigenvalue weighted by Crippen LogP contribution is -2.36. The van der Waals surface area contributed by atoms with Crippen molar-refractivity contribution in [1.29, 1.82) is 0 Å². The molecular formula is C14H18BrF2N3O. The number of carbonyl (C=O) groups is 1. The summed E-state index contributed by atoms with van der Waals surface area (Å²) in [6.45, 7) is 6.40. The van der Waals surface area contributed by atoms with Crippen LogP contribution in [0.1, 0.15) is 37.8 Å². The molecule has 1 fully saturated rings. The second-order valence-electron chi connectivity index (χ2n) is 6.12. The lowest BCUT2D eigenvalue weighted by molar-refractivity contribution is -0.118. The molecule has 1 saturated heterocycles. The van der Waals surface area contributed by atoms with Gasteiger partial charge in [0.2, 0.25) is 5.91 Å². The number of rotatable bonds is 3. The number of pyridine rings is 1. The normalized spacial score (nSPS) is 20.8. The molecule has 4 nitrogen and oxygen atoms in total. The summed E-state index contributed by atoms with van der Waals surface area (Å²) in [5.41, 5.74) is 0.180. The highest BCUT2D eigenvalue weighted by Crippen LogP contribution is 2.32. The monoisotopic (exact) mass is 361 g/mol. The van der Waals surface area contributed by atoms with E-state index in [1.165, 1.54) is 6.07 Å². The highest BCUT2D eigenvalue weighted by atomic mass is 79.9. The van der Waals surface area contributed by atoms with Gasteiger partial charge in [0.1, 0.15) is 10.4 Å². The summed E-state index contributed by atoms with van der Waals surface area (Å²) in [7, 11) is 0. The zero-order chi connectivity index (χ0) is 15.8. The molecule has 1 amide bonds. The lowest BCUT2D eigenvalue weighted by Gasteiger charge is -2.17. The third-order valence-corrected chi connectivity index (χ3v) is 4.00. The van der Waals surface area contributed by atoms with Crippen LogP contribution in [0.4, 0.5) is 14.6 Å². The Balaban J connectivity index is 2.21. The quantitative estimate of drug-likeness (QED) is 0.811. The Bertz CT molecular complexity index is 563. The van der Waals surface area contributed by atoms with Gasteiger partial charge in [0, 0.05) is 6.54 Å². The Morgan fingerprint density at radius 3 is 2.76 bits per heavy atom. The van der Waals surface area contributed by atoms with E-state index in [-0.39, 0.29) is 28.7 Å². The number of halogens is 3. The molecule has 116 valence electrons. The minimum atomic E-state index is -2.69. The Morgan fingerprint density at radius 2 is 2.24 bits per heavy atom.